The highest BCUT2D eigenvalue weighted by Gasteiger charge is 2.23. The summed E-state index contributed by atoms with van der Waals surface area (Å²) in [6, 6.07) is 4.27. The molecule has 0 saturated carbocycles. The number of rotatable bonds is 5. The second-order valence-corrected chi connectivity index (χ2v) is 8.01. The van der Waals surface area contributed by atoms with Gasteiger partial charge in [0.05, 0.1) is 23.6 Å². The summed E-state index contributed by atoms with van der Waals surface area (Å²) in [5.41, 5.74) is 3.11. The van der Waals surface area contributed by atoms with Gasteiger partial charge in [-0.2, -0.15) is 5.10 Å². The van der Waals surface area contributed by atoms with Crippen molar-refractivity contribution < 1.29 is 4.79 Å². The number of aromatic amines is 1. The predicted octanol–water partition coefficient (Wildman–Crippen LogP) is 3.71. The number of amides is 1. The lowest BCUT2D eigenvalue weighted by Gasteiger charge is -2.32. The number of carbonyl (C=O) groups excluding carboxylic acids is 1. The first-order chi connectivity index (χ1) is 13.1. The maximum Gasteiger partial charge on any atom is 0.222 e. The lowest BCUT2D eigenvalue weighted by atomic mass is 9.96. The van der Waals surface area contributed by atoms with E-state index in [0.29, 0.717) is 24.2 Å². The number of nitrogens with zero attached hydrogens (tertiary/aromatic N) is 4. The Balaban J connectivity index is 1.40. The van der Waals surface area contributed by atoms with E-state index in [1.807, 2.05) is 17.3 Å². The van der Waals surface area contributed by atoms with E-state index in [4.69, 9.17) is 0 Å². The van der Waals surface area contributed by atoms with E-state index in [9.17, 15) is 4.79 Å². The molecule has 0 atom stereocenters. The molecular weight excluding hydrogens is 338 g/mol. The van der Waals surface area contributed by atoms with Crippen LogP contribution in [-0.4, -0.2) is 43.6 Å². The third-order valence-corrected chi connectivity index (χ3v) is 5.46. The lowest BCUT2D eigenvalue weighted by molar-refractivity contribution is -0.133. The molecule has 1 saturated heterocycles. The van der Waals surface area contributed by atoms with Crippen LogP contribution in [0.3, 0.4) is 0 Å². The molecule has 0 aromatic carbocycles. The smallest absolute Gasteiger partial charge is 0.222 e. The molecule has 1 aliphatic heterocycles. The minimum atomic E-state index is 0.311. The van der Waals surface area contributed by atoms with Crippen molar-refractivity contribution in [2.24, 2.45) is 11.8 Å². The highest BCUT2D eigenvalue weighted by Crippen LogP contribution is 2.25. The largest absolute Gasteiger partial charge is 0.346 e. The minimum Gasteiger partial charge on any atom is -0.346 e. The lowest BCUT2D eigenvalue weighted by Crippen LogP contribution is -2.39. The summed E-state index contributed by atoms with van der Waals surface area (Å²) in [5.74, 6) is 1.35. The van der Waals surface area contributed by atoms with Crippen LogP contribution < -0.4 is 0 Å². The average molecular weight is 365 g/mol. The Labute approximate surface area is 159 Å². The zero-order valence-corrected chi connectivity index (χ0v) is 16.1. The number of likely N-dealkylation sites (tertiary alicyclic amines) is 1. The fourth-order valence-corrected chi connectivity index (χ4v) is 3.92. The van der Waals surface area contributed by atoms with Gasteiger partial charge in [0.1, 0.15) is 0 Å². The van der Waals surface area contributed by atoms with Gasteiger partial charge in [0.2, 0.25) is 5.91 Å². The van der Waals surface area contributed by atoms with Gasteiger partial charge in [-0.3, -0.25) is 14.9 Å². The molecule has 0 bridgehead atoms. The van der Waals surface area contributed by atoms with Crippen molar-refractivity contribution in [1.29, 1.82) is 0 Å². The Morgan fingerprint density at radius 1 is 1.30 bits per heavy atom. The van der Waals surface area contributed by atoms with Crippen molar-refractivity contribution in [3.8, 4) is 11.3 Å². The van der Waals surface area contributed by atoms with Crippen molar-refractivity contribution in [2.75, 3.05) is 13.1 Å². The number of hydrogen-bond acceptors (Lipinski definition) is 3. The molecule has 142 valence electrons. The fourth-order valence-electron chi connectivity index (χ4n) is 3.92. The summed E-state index contributed by atoms with van der Waals surface area (Å²) < 4.78 is 2.30. The third-order valence-electron chi connectivity index (χ3n) is 5.46. The Bertz CT molecular complexity index is 904. The number of aromatic nitrogens is 4. The number of piperidine rings is 1. The summed E-state index contributed by atoms with van der Waals surface area (Å²) in [5, 5.41) is 8.03. The Morgan fingerprint density at radius 3 is 2.81 bits per heavy atom. The number of hydrogen-bond donors (Lipinski definition) is 1. The molecule has 0 aliphatic carbocycles. The zero-order chi connectivity index (χ0) is 18.8. The Morgan fingerprint density at radius 2 is 2.11 bits per heavy atom. The van der Waals surface area contributed by atoms with Gasteiger partial charge in [0, 0.05) is 49.4 Å². The molecular formula is C21H27N5O. The predicted molar refractivity (Wildman–Crippen MR) is 106 cm³/mol. The van der Waals surface area contributed by atoms with Crippen LogP contribution in [-0.2, 0) is 11.3 Å². The number of H-pyrrole nitrogens is 1. The first kappa shape index (κ1) is 17.8. The summed E-state index contributed by atoms with van der Waals surface area (Å²) in [6.45, 7) is 6.97. The number of pyridine rings is 1. The molecule has 1 N–H and O–H groups in total. The van der Waals surface area contributed by atoms with Crippen LogP contribution in [0.4, 0.5) is 0 Å². The summed E-state index contributed by atoms with van der Waals surface area (Å²) in [7, 11) is 0. The van der Waals surface area contributed by atoms with Gasteiger partial charge in [-0.05, 0) is 36.8 Å². The minimum absolute atomic E-state index is 0.311. The molecule has 1 fully saturated rings. The van der Waals surface area contributed by atoms with E-state index in [2.05, 4.69) is 51.9 Å². The summed E-state index contributed by atoms with van der Waals surface area (Å²) in [4.78, 5) is 18.9. The Kier molecular flexibility index (Phi) is 4.97. The van der Waals surface area contributed by atoms with Gasteiger partial charge in [0.15, 0.2) is 0 Å². The maximum atomic E-state index is 12.2. The first-order valence-corrected chi connectivity index (χ1v) is 9.82. The van der Waals surface area contributed by atoms with E-state index in [0.717, 1.165) is 43.7 Å². The van der Waals surface area contributed by atoms with E-state index < -0.39 is 0 Å². The van der Waals surface area contributed by atoms with Gasteiger partial charge < -0.3 is 9.47 Å². The molecule has 1 amide bonds. The van der Waals surface area contributed by atoms with Gasteiger partial charge in [-0.15, -0.1) is 0 Å². The highest BCUT2D eigenvalue weighted by atomic mass is 16.2. The fraction of sp³-hybridized carbons (Fsp3) is 0.476. The number of nitrogens with one attached hydrogen (secondary N) is 1. The number of fused-ring (bicyclic) bond motifs is 1. The molecule has 4 heterocycles. The molecule has 6 nitrogen and oxygen atoms in total. The highest BCUT2D eigenvalue weighted by molar-refractivity contribution is 5.83. The second kappa shape index (κ2) is 7.55. The van der Waals surface area contributed by atoms with E-state index in [-0.39, 0.29) is 0 Å². The first-order valence-electron chi connectivity index (χ1n) is 9.82. The van der Waals surface area contributed by atoms with Gasteiger partial charge in [-0.1, -0.05) is 13.8 Å². The monoisotopic (exact) mass is 365 g/mol. The normalized spacial score (nSPS) is 15.7. The number of carbonyl (C=O) groups is 1. The molecule has 0 spiro atoms. The molecule has 3 aromatic heterocycles. The van der Waals surface area contributed by atoms with Crippen molar-refractivity contribution >= 4 is 16.8 Å². The molecule has 6 heteroatoms. The van der Waals surface area contributed by atoms with Gasteiger partial charge in [0.25, 0.3) is 0 Å². The van der Waals surface area contributed by atoms with Gasteiger partial charge >= 0.3 is 0 Å². The maximum absolute atomic E-state index is 12.2. The van der Waals surface area contributed by atoms with Crippen molar-refractivity contribution in [3.05, 3.63) is 36.9 Å². The quantitative estimate of drug-likeness (QED) is 0.749. The summed E-state index contributed by atoms with van der Waals surface area (Å²) in [6.07, 6.45) is 10.6. The molecule has 27 heavy (non-hydrogen) atoms. The van der Waals surface area contributed by atoms with Crippen LogP contribution in [0.5, 0.6) is 0 Å². The Hall–Kier alpha value is -2.63. The van der Waals surface area contributed by atoms with Crippen LogP contribution in [0.1, 0.15) is 33.1 Å². The van der Waals surface area contributed by atoms with Crippen LogP contribution in [0, 0.1) is 11.8 Å². The van der Waals surface area contributed by atoms with Crippen LogP contribution in [0.25, 0.3) is 22.2 Å². The van der Waals surface area contributed by atoms with Crippen LogP contribution >= 0.6 is 0 Å². The van der Waals surface area contributed by atoms with E-state index in [1.54, 1.807) is 6.20 Å². The molecule has 3 aromatic rings. The molecule has 1 aliphatic rings. The average Bonchev–Trinajstić information content (AvgIpc) is 3.32. The standard InChI is InChI=1S/C21H27N5O/c1-15(2)9-21(27)25-6-3-16(4-7-25)14-26-8-5-17-10-19(22-13-20(17)26)18-11-23-24-12-18/h5,8,10-13,15-16H,3-4,6-7,9,14H2,1-2H3,(H,23,24). The van der Waals surface area contributed by atoms with Crippen molar-refractivity contribution in [3.63, 3.8) is 0 Å². The topological polar surface area (TPSA) is 66.8 Å². The SMILES string of the molecule is CC(C)CC(=O)N1CCC(Cn2ccc3cc(-c4cn[nH]c4)ncc32)CC1. The molecule has 4 rings (SSSR count). The van der Waals surface area contributed by atoms with Crippen LogP contribution in [0.2, 0.25) is 0 Å². The van der Waals surface area contributed by atoms with Crippen molar-refractivity contribution in [2.45, 2.75) is 39.7 Å². The zero-order valence-electron chi connectivity index (χ0n) is 16.1. The van der Waals surface area contributed by atoms with Gasteiger partial charge in [-0.25, -0.2) is 0 Å². The van der Waals surface area contributed by atoms with Crippen LogP contribution in [0.15, 0.2) is 36.9 Å². The van der Waals surface area contributed by atoms with E-state index >= 15 is 0 Å². The molecule has 0 unspecified atom stereocenters. The second-order valence-electron chi connectivity index (χ2n) is 8.01. The third kappa shape index (κ3) is 3.89. The molecule has 0 radical (unpaired) electrons. The summed E-state index contributed by atoms with van der Waals surface area (Å²) >= 11 is 0. The van der Waals surface area contributed by atoms with E-state index in [1.165, 1.54) is 10.9 Å². The van der Waals surface area contributed by atoms with Crippen molar-refractivity contribution in [1.82, 2.24) is 24.6 Å².